The number of carbonyl (C=O) groups is 2. The fourth-order valence-electron chi connectivity index (χ4n) is 2.53. The smallest absolute Gasteiger partial charge is 0.343 e. The lowest BCUT2D eigenvalue weighted by atomic mass is 10.0. The van der Waals surface area contributed by atoms with Crippen molar-refractivity contribution in [2.75, 3.05) is 7.11 Å². The van der Waals surface area contributed by atoms with Gasteiger partial charge in [-0.1, -0.05) is 43.3 Å². The summed E-state index contributed by atoms with van der Waals surface area (Å²) >= 11 is 0. The molecule has 2 aromatic rings. The fourth-order valence-corrected chi connectivity index (χ4v) is 2.53. The first-order valence-corrected chi connectivity index (χ1v) is 8.18. The molecule has 0 aliphatic rings. The molecule has 0 spiro atoms. The van der Waals surface area contributed by atoms with Crippen molar-refractivity contribution in [2.45, 2.75) is 25.9 Å². The molecule has 25 heavy (non-hydrogen) atoms. The zero-order valence-electron chi connectivity index (χ0n) is 14.5. The highest BCUT2D eigenvalue weighted by Crippen LogP contribution is 2.21. The lowest BCUT2D eigenvalue weighted by molar-refractivity contribution is 0.0595. The molecule has 0 radical (unpaired) electrons. The quantitative estimate of drug-likeness (QED) is 0.313. The maximum Gasteiger partial charge on any atom is 0.343 e. The van der Waals surface area contributed by atoms with Gasteiger partial charge < -0.3 is 9.47 Å². The normalized spacial score (nSPS) is 11.6. The maximum atomic E-state index is 12.5. The van der Waals surface area contributed by atoms with E-state index in [2.05, 4.69) is 6.58 Å². The Kier molecular flexibility index (Phi) is 6.66. The van der Waals surface area contributed by atoms with Crippen molar-refractivity contribution in [1.29, 1.82) is 0 Å². The Labute approximate surface area is 148 Å². The SMILES string of the molecule is C=CCc1ccccc1OC(=O)c1cccc(C(=O)C(CC)OC)c1. The third-order valence-corrected chi connectivity index (χ3v) is 3.87. The van der Waals surface area contributed by atoms with E-state index in [4.69, 9.17) is 9.47 Å². The molecule has 1 atom stereocenters. The average Bonchev–Trinajstić information content (AvgIpc) is 2.64. The van der Waals surface area contributed by atoms with Gasteiger partial charge in [0.2, 0.25) is 0 Å². The zero-order chi connectivity index (χ0) is 18.2. The lowest BCUT2D eigenvalue weighted by Crippen LogP contribution is -2.22. The summed E-state index contributed by atoms with van der Waals surface area (Å²) < 4.78 is 10.7. The predicted molar refractivity (Wildman–Crippen MR) is 97.2 cm³/mol. The van der Waals surface area contributed by atoms with E-state index in [0.29, 0.717) is 29.7 Å². The number of rotatable bonds is 8. The number of benzene rings is 2. The molecule has 0 aromatic heterocycles. The second-order valence-electron chi connectivity index (χ2n) is 5.57. The monoisotopic (exact) mass is 338 g/mol. The number of methoxy groups -OCH3 is 1. The van der Waals surface area contributed by atoms with Crippen LogP contribution in [0.5, 0.6) is 5.75 Å². The van der Waals surface area contributed by atoms with Crippen LogP contribution < -0.4 is 4.74 Å². The minimum absolute atomic E-state index is 0.147. The Morgan fingerprint density at radius 1 is 1.12 bits per heavy atom. The van der Waals surface area contributed by atoms with Crippen molar-refractivity contribution < 1.29 is 19.1 Å². The Bertz CT molecular complexity index is 760. The Morgan fingerprint density at radius 2 is 1.84 bits per heavy atom. The third kappa shape index (κ3) is 4.64. The van der Waals surface area contributed by atoms with Crippen molar-refractivity contribution in [3.05, 3.63) is 77.9 Å². The number of ketones is 1. The number of hydrogen-bond acceptors (Lipinski definition) is 4. The highest BCUT2D eigenvalue weighted by Gasteiger charge is 2.19. The molecule has 1 unspecified atom stereocenters. The van der Waals surface area contributed by atoms with Gasteiger partial charge in [0.15, 0.2) is 5.78 Å². The summed E-state index contributed by atoms with van der Waals surface area (Å²) in [6.07, 6.45) is 2.41. The van der Waals surface area contributed by atoms with Crippen LogP contribution >= 0.6 is 0 Å². The summed E-state index contributed by atoms with van der Waals surface area (Å²) in [5.74, 6) is -0.157. The van der Waals surface area contributed by atoms with E-state index >= 15 is 0 Å². The van der Waals surface area contributed by atoms with Gasteiger partial charge in [0.05, 0.1) is 5.56 Å². The highest BCUT2D eigenvalue weighted by molar-refractivity contribution is 6.02. The molecule has 0 aliphatic carbocycles. The van der Waals surface area contributed by atoms with Crippen molar-refractivity contribution in [3.63, 3.8) is 0 Å². The molecule has 0 bridgehead atoms. The Balaban J connectivity index is 2.22. The van der Waals surface area contributed by atoms with Crippen molar-refractivity contribution in [3.8, 4) is 5.75 Å². The molecule has 0 heterocycles. The molecule has 0 saturated heterocycles. The van der Waals surface area contributed by atoms with Gasteiger partial charge >= 0.3 is 5.97 Å². The van der Waals surface area contributed by atoms with Gasteiger partial charge in [-0.15, -0.1) is 6.58 Å². The maximum absolute atomic E-state index is 12.5. The van der Waals surface area contributed by atoms with E-state index < -0.39 is 12.1 Å². The van der Waals surface area contributed by atoms with Gasteiger partial charge in [-0.25, -0.2) is 4.79 Å². The summed E-state index contributed by atoms with van der Waals surface area (Å²) in [6, 6.07) is 13.8. The molecule has 0 N–H and O–H groups in total. The predicted octanol–water partition coefficient (Wildman–Crippen LogP) is 4.24. The number of Topliss-reactive ketones (excluding diaryl/α,β-unsaturated/α-hetero) is 1. The summed E-state index contributed by atoms with van der Waals surface area (Å²) in [6.45, 7) is 5.58. The molecule has 4 nitrogen and oxygen atoms in total. The van der Waals surface area contributed by atoms with Gasteiger partial charge in [0.1, 0.15) is 11.9 Å². The van der Waals surface area contributed by atoms with Crippen LogP contribution in [0.25, 0.3) is 0 Å². The topological polar surface area (TPSA) is 52.6 Å². The second-order valence-corrected chi connectivity index (χ2v) is 5.57. The first-order valence-electron chi connectivity index (χ1n) is 8.18. The van der Waals surface area contributed by atoms with Crippen LogP contribution in [0.4, 0.5) is 0 Å². The largest absolute Gasteiger partial charge is 0.423 e. The average molecular weight is 338 g/mol. The van der Waals surface area contributed by atoms with E-state index in [0.717, 1.165) is 5.56 Å². The van der Waals surface area contributed by atoms with E-state index in [-0.39, 0.29) is 5.78 Å². The number of para-hydroxylation sites is 1. The zero-order valence-corrected chi connectivity index (χ0v) is 14.5. The van der Waals surface area contributed by atoms with Crippen molar-refractivity contribution in [2.24, 2.45) is 0 Å². The number of ether oxygens (including phenoxy) is 2. The van der Waals surface area contributed by atoms with Crippen LogP contribution in [0.3, 0.4) is 0 Å². The molecule has 0 fully saturated rings. The Hall–Kier alpha value is -2.72. The van der Waals surface area contributed by atoms with Gasteiger partial charge in [0.25, 0.3) is 0 Å². The van der Waals surface area contributed by atoms with E-state index in [9.17, 15) is 9.59 Å². The van der Waals surface area contributed by atoms with Crippen LogP contribution in [0, 0.1) is 0 Å². The Morgan fingerprint density at radius 3 is 2.52 bits per heavy atom. The van der Waals surface area contributed by atoms with Crippen LogP contribution in [0.15, 0.2) is 61.2 Å². The summed E-state index contributed by atoms with van der Waals surface area (Å²) in [7, 11) is 1.50. The summed E-state index contributed by atoms with van der Waals surface area (Å²) in [5.41, 5.74) is 1.64. The van der Waals surface area contributed by atoms with Crippen molar-refractivity contribution >= 4 is 11.8 Å². The minimum Gasteiger partial charge on any atom is -0.423 e. The third-order valence-electron chi connectivity index (χ3n) is 3.87. The van der Waals surface area contributed by atoms with E-state index in [1.165, 1.54) is 7.11 Å². The van der Waals surface area contributed by atoms with Gasteiger partial charge in [-0.2, -0.15) is 0 Å². The molecule has 0 aliphatic heterocycles. The standard InChI is InChI=1S/C21H22O4/c1-4-9-15-10-6-7-13-19(15)25-21(23)17-12-8-11-16(14-17)20(22)18(5-2)24-3/h4,6-8,10-14,18H,1,5,9H2,2-3H3. The van der Waals surface area contributed by atoms with Gasteiger partial charge in [-0.05, 0) is 36.6 Å². The van der Waals surface area contributed by atoms with Crippen molar-refractivity contribution in [1.82, 2.24) is 0 Å². The van der Waals surface area contributed by atoms with E-state index in [1.54, 1.807) is 42.5 Å². The summed E-state index contributed by atoms with van der Waals surface area (Å²) in [5, 5.41) is 0. The second kappa shape index (κ2) is 8.94. The van der Waals surface area contributed by atoms with Gasteiger partial charge in [0, 0.05) is 12.7 Å². The minimum atomic E-state index is -0.514. The number of allylic oxidation sites excluding steroid dienone is 1. The van der Waals surface area contributed by atoms with Crippen LogP contribution in [0.2, 0.25) is 0 Å². The molecular weight excluding hydrogens is 316 g/mol. The molecule has 0 amide bonds. The van der Waals surface area contributed by atoms with Crippen LogP contribution in [0.1, 0.15) is 39.6 Å². The van der Waals surface area contributed by atoms with Crippen LogP contribution in [-0.4, -0.2) is 25.0 Å². The lowest BCUT2D eigenvalue weighted by Gasteiger charge is -2.12. The number of hydrogen-bond donors (Lipinski definition) is 0. The first kappa shape index (κ1) is 18.6. The highest BCUT2D eigenvalue weighted by atomic mass is 16.5. The van der Waals surface area contributed by atoms with E-state index in [1.807, 2.05) is 19.1 Å². The summed E-state index contributed by atoms with van der Waals surface area (Å²) in [4.78, 5) is 24.9. The molecular formula is C21H22O4. The first-order chi connectivity index (χ1) is 12.1. The van der Waals surface area contributed by atoms with Crippen LogP contribution in [-0.2, 0) is 11.2 Å². The molecule has 4 heteroatoms. The molecule has 130 valence electrons. The number of esters is 1. The molecule has 2 aromatic carbocycles. The number of carbonyl (C=O) groups excluding carboxylic acids is 2. The fraction of sp³-hybridized carbons (Fsp3) is 0.238. The molecule has 2 rings (SSSR count). The van der Waals surface area contributed by atoms with Gasteiger partial charge in [-0.3, -0.25) is 4.79 Å². The molecule has 0 saturated carbocycles.